The molecule has 27 heavy (non-hydrogen) atoms. The van der Waals surface area contributed by atoms with Crippen LogP contribution in [0.3, 0.4) is 0 Å². The molecular formula is C20H18FN3O3. The Bertz CT molecular complexity index is 961. The third kappa shape index (κ3) is 2.42. The van der Waals surface area contributed by atoms with Crippen molar-refractivity contribution in [3.8, 4) is 0 Å². The summed E-state index contributed by atoms with van der Waals surface area (Å²) in [4.78, 5) is 41.4. The number of hydrogen-bond acceptors (Lipinski definition) is 3. The van der Waals surface area contributed by atoms with Crippen LogP contribution in [0.15, 0.2) is 48.5 Å². The van der Waals surface area contributed by atoms with Gasteiger partial charge >= 0.3 is 0 Å². The highest BCUT2D eigenvalue weighted by atomic mass is 19.1. The van der Waals surface area contributed by atoms with E-state index < -0.39 is 17.4 Å². The van der Waals surface area contributed by atoms with E-state index in [2.05, 4.69) is 5.32 Å². The summed E-state index contributed by atoms with van der Waals surface area (Å²) < 4.78 is 13.9. The second kappa shape index (κ2) is 6.19. The Morgan fingerprint density at radius 3 is 2.63 bits per heavy atom. The molecule has 2 aliphatic heterocycles. The standard InChI is InChI=1S/C20H18FN3O3/c1-23-18(26)14-7-3-5-9-16(14)24-17(25)10-11-20(23,24)19(27)22-12-13-6-2-4-8-15(13)21/h2-9H,10-12H2,1H3,(H,22,27). The van der Waals surface area contributed by atoms with E-state index in [0.717, 1.165) is 0 Å². The zero-order chi connectivity index (χ0) is 19.2. The molecule has 1 N–H and O–H groups in total. The van der Waals surface area contributed by atoms with E-state index in [1.807, 2.05) is 0 Å². The fourth-order valence-electron chi connectivity index (χ4n) is 3.89. The number of nitrogens with one attached hydrogen (secondary N) is 1. The van der Waals surface area contributed by atoms with Crippen LogP contribution in [0.4, 0.5) is 10.1 Å². The molecule has 1 fully saturated rings. The Balaban J connectivity index is 1.71. The first-order chi connectivity index (χ1) is 13.0. The van der Waals surface area contributed by atoms with E-state index >= 15 is 0 Å². The molecule has 0 aromatic heterocycles. The van der Waals surface area contributed by atoms with Gasteiger partial charge in [-0.3, -0.25) is 19.3 Å². The smallest absolute Gasteiger partial charge is 0.267 e. The molecule has 1 unspecified atom stereocenters. The van der Waals surface area contributed by atoms with Crippen LogP contribution in [0.2, 0.25) is 0 Å². The maximum Gasteiger partial charge on any atom is 0.267 e. The molecule has 2 aromatic carbocycles. The fraction of sp³-hybridized carbons (Fsp3) is 0.250. The number of carbonyl (C=O) groups is 3. The maximum absolute atomic E-state index is 13.9. The lowest BCUT2D eigenvalue weighted by atomic mass is 9.96. The van der Waals surface area contributed by atoms with Crippen LogP contribution >= 0.6 is 0 Å². The lowest BCUT2D eigenvalue weighted by Crippen LogP contribution is -2.69. The van der Waals surface area contributed by atoms with Gasteiger partial charge in [-0.25, -0.2) is 4.39 Å². The zero-order valence-corrected chi connectivity index (χ0v) is 14.7. The fourth-order valence-corrected chi connectivity index (χ4v) is 3.89. The second-order valence-electron chi connectivity index (χ2n) is 6.70. The summed E-state index contributed by atoms with van der Waals surface area (Å²) >= 11 is 0. The van der Waals surface area contributed by atoms with E-state index in [4.69, 9.17) is 0 Å². The normalized spacial score (nSPS) is 21.1. The first kappa shape index (κ1) is 17.2. The monoisotopic (exact) mass is 367 g/mol. The first-order valence-electron chi connectivity index (χ1n) is 8.69. The number of anilines is 1. The Morgan fingerprint density at radius 1 is 1.15 bits per heavy atom. The second-order valence-corrected chi connectivity index (χ2v) is 6.70. The van der Waals surface area contributed by atoms with Gasteiger partial charge in [0.1, 0.15) is 5.82 Å². The van der Waals surface area contributed by atoms with Gasteiger partial charge < -0.3 is 10.2 Å². The Hall–Kier alpha value is -3.22. The minimum atomic E-state index is -1.44. The minimum absolute atomic E-state index is 0.0288. The van der Waals surface area contributed by atoms with E-state index in [9.17, 15) is 18.8 Å². The molecule has 4 rings (SSSR count). The Kier molecular flexibility index (Phi) is 3.95. The molecule has 2 heterocycles. The van der Waals surface area contributed by atoms with Crippen LogP contribution in [0, 0.1) is 5.82 Å². The molecule has 1 atom stereocenters. The van der Waals surface area contributed by atoms with Crippen molar-refractivity contribution in [3.05, 3.63) is 65.5 Å². The number of rotatable bonds is 3. The number of amides is 3. The van der Waals surface area contributed by atoms with Gasteiger partial charge in [0.25, 0.3) is 11.8 Å². The highest BCUT2D eigenvalue weighted by molar-refractivity contribution is 6.16. The van der Waals surface area contributed by atoms with E-state index in [-0.39, 0.29) is 31.2 Å². The number of likely N-dealkylation sites (N-methyl/N-ethyl adjacent to an activating group) is 1. The van der Waals surface area contributed by atoms with Crippen LogP contribution in [0.1, 0.15) is 28.8 Å². The van der Waals surface area contributed by atoms with E-state index in [1.165, 1.54) is 22.9 Å². The van der Waals surface area contributed by atoms with Crippen molar-refractivity contribution in [2.24, 2.45) is 0 Å². The summed E-state index contributed by atoms with van der Waals surface area (Å²) in [5, 5.41) is 2.71. The lowest BCUT2D eigenvalue weighted by molar-refractivity contribution is -0.133. The quantitative estimate of drug-likeness (QED) is 0.903. The summed E-state index contributed by atoms with van der Waals surface area (Å²) in [6.07, 6.45) is 0.338. The predicted molar refractivity (Wildman–Crippen MR) is 96.2 cm³/mol. The predicted octanol–water partition coefficient (Wildman–Crippen LogP) is 2.05. The molecule has 138 valence electrons. The summed E-state index contributed by atoms with van der Waals surface area (Å²) in [6, 6.07) is 12.9. The van der Waals surface area contributed by atoms with Gasteiger partial charge in [-0.2, -0.15) is 0 Å². The van der Waals surface area contributed by atoms with Gasteiger partial charge in [-0.1, -0.05) is 30.3 Å². The molecule has 0 bridgehead atoms. The van der Waals surface area contributed by atoms with Crippen LogP contribution in [0.5, 0.6) is 0 Å². The topological polar surface area (TPSA) is 69.7 Å². The number of hydrogen-bond donors (Lipinski definition) is 1. The zero-order valence-electron chi connectivity index (χ0n) is 14.7. The van der Waals surface area contributed by atoms with Gasteiger partial charge in [0.2, 0.25) is 11.6 Å². The average molecular weight is 367 g/mol. The van der Waals surface area contributed by atoms with E-state index in [1.54, 1.807) is 42.5 Å². The number of halogens is 1. The molecule has 0 aliphatic carbocycles. The molecule has 1 saturated heterocycles. The summed E-state index contributed by atoms with van der Waals surface area (Å²) in [5.41, 5.74) is -0.284. The Labute approximate surface area is 155 Å². The third-order valence-electron chi connectivity index (χ3n) is 5.30. The SMILES string of the molecule is CN1C(=O)c2ccccc2N2C(=O)CCC12C(=O)NCc1ccccc1F. The number of carbonyl (C=O) groups excluding carboxylic acids is 3. The average Bonchev–Trinajstić information content (AvgIpc) is 3.04. The van der Waals surface area contributed by atoms with Crippen molar-refractivity contribution in [1.29, 1.82) is 0 Å². The van der Waals surface area contributed by atoms with Gasteiger partial charge in [-0.05, 0) is 18.2 Å². The van der Waals surface area contributed by atoms with Gasteiger partial charge in [0, 0.05) is 32.0 Å². The lowest BCUT2D eigenvalue weighted by Gasteiger charge is -2.47. The minimum Gasteiger partial charge on any atom is -0.348 e. The van der Waals surface area contributed by atoms with Gasteiger partial charge in [0.15, 0.2) is 0 Å². The molecule has 0 spiro atoms. The van der Waals surface area contributed by atoms with Crippen molar-refractivity contribution < 1.29 is 18.8 Å². The van der Waals surface area contributed by atoms with Crippen LogP contribution in [-0.4, -0.2) is 35.3 Å². The largest absolute Gasteiger partial charge is 0.348 e. The van der Waals surface area contributed by atoms with Gasteiger partial charge in [-0.15, -0.1) is 0 Å². The van der Waals surface area contributed by atoms with Crippen molar-refractivity contribution >= 4 is 23.4 Å². The van der Waals surface area contributed by atoms with Crippen molar-refractivity contribution in [2.75, 3.05) is 11.9 Å². The van der Waals surface area contributed by atoms with Crippen molar-refractivity contribution in [2.45, 2.75) is 25.0 Å². The van der Waals surface area contributed by atoms with Crippen molar-refractivity contribution in [3.63, 3.8) is 0 Å². The summed E-state index contributed by atoms with van der Waals surface area (Å²) in [7, 11) is 1.52. The number of benzene rings is 2. The summed E-state index contributed by atoms with van der Waals surface area (Å²) in [5.74, 6) is -1.46. The molecule has 0 saturated carbocycles. The van der Waals surface area contributed by atoms with Crippen molar-refractivity contribution in [1.82, 2.24) is 10.2 Å². The third-order valence-corrected chi connectivity index (χ3v) is 5.30. The van der Waals surface area contributed by atoms with E-state index in [0.29, 0.717) is 16.8 Å². The van der Waals surface area contributed by atoms with Crippen LogP contribution in [-0.2, 0) is 16.1 Å². The number of para-hydroxylation sites is 1. The first-order valence-corrected chi connectivity index (χ1v) is 8.69. The number of fused-ring (bicyclic) bond motifs is 3. The maximum atomic E-state index is 13.9. The molecule has 3 amide bonds. The highest BCUT2D eigenvalue weighted by Crippen LogP contribution is 2.43. The van der Waals surface area contributed by atoms with Crippen LogP contribution < -0.4 is 10.2 Å². The molecule has 2 aromatic rings. The molecule has 0 radical (unpaired) electrons. The molecule has 7 heteroatoms. The van der Waals surface area contributed by atoms with Crippen LogP contribution in [0.25, 0.3) is 0 Å². The number of nitrogens with zero attached hydrogens (tertiary/aromatic N) is 2. The molecule has 2 aliphatic rings. The molecule has 6 nitrogen and oxygen atoms in total. The van der Waals surface area contributed by atoms with Gasteiger partial charge in [0.05, 0.1) is 11.3 Å². The molecular weight excluding hydrogens is 349 g/mol. The summed E-state index contributed by atoms with van der Waals surface area (Å²) in [6.45, 7) is -0.0288. The Morgan fingerprint density at radius 2 is 1.85 bits per heavy atom. The highest BCUT2D eigenvalue weighted by Gasteiger charge is 2.59.